The van der Waals surface area contributed by atoms with Crippen LogP contribution in [0, 0.1) is 0 Å². The van der Waals surface area contributed by atoms with Crippen LogP contribution in [0.5, 0.6) is 0 Å². The first-order valence-corrected chi connectivity index (χ1v) is 6.63. The minimum Gasteiger partial charge on any atom is -0.303 e. The number of hydrogen-bond donors (Lipinski definition) is 5. The zero-order chi connectivity index (χ0) is 12.7. The maximum absolute atomic E-state index is 10.1. The van der Waals surface area contributed by atoms with Crippen LogP contribution in [0.4, 0.5) is 0 Å². The van der Waals surface area contributed by atoms with Gasteiger partial charge in [0.2, 0.25) is 0 Å². The molecule has 0 aromatic rings. The Bertz CT molecular complexity index is 273. The van der Waals surface area contributed by atoms with Crippen LogP contribution >= 0.6 is 15.6 Å². The van der Waals surface area contributed by atoms with Crippen LogP contribution < -0.4 is 0 Å². The summed E-state index contributed by atoms with van der Waals surface area (Å²) < 4.78 is 23.1. The molecule has 0 unspecified atom stereocenters. The summed E-state index contributed by atoms with van der Waals surface area (Å²) in [6.07, 6.45) is 1.60. The molecule has 0 aromatic carbocycles. The lowest BCUT2D eigenvalue weighted by Gasteiger charge is -2.00. The fourth-order valence-electron chi connectivity index (χ4n) is 0.301. The third kappa shape index (κ3) is 41.2. The second-order valence-corrected chi connectivity index (χ2v) is 4.85. The van der Waals surface area contributed by atoms with Crippen molar-refractivity contribution in [3.63, 3.8) is 0 Å². The van der Waals surface area contributed by atoms with Gasteiger partial charge in [-0.1, -0.05) is 11.6 Å². The maximum Gasteiger partial charge on any atom is 0.469 e. The Morgan fingerprint density at radius 3 is 1.67 bits per heavy atom. The van der Waals surface area contributed by atoms with Gasteiger partial charge in [0.15, 0.2) is 0 Å². The van der Waals surface area contributed by atoms with Crippen molar-refractivity contribution < 1.29 is 38.1 Å². The van der Waals surface area contributed by atoms with Gasteiger partial charge in [-0.15, -0.1) is 0 Å². The van der Waals surface area contributed by atoms with Crippen LogP contribution in [-0.4, -0.2) is 31.1 Å². The predicted molar refractivity (Wildman–Crippen MR) is 51.7 cm³/mol. The third-order valence-corrected chi connectivity index (χ3v) is 1.22. The van der Waals surface area contributed by atoms with E-state index in [-0.39, 0.29) is 6.61 Å². The molecule has 5 N–H and O–H groups in total. The van der Waals surface area contributed by atoms with Crippen LogP contribution in [0.1, 0.15) is 13.8 Å². The van der Waals surface area contributed by atoms with Gasteiger partial charge in [0.25, 0.3) is 0 Å². The smallest absolute Gasteiger partial charge is 0.303 e. The number of rotatable bonds is 3. The van der Waals surface area contributed by atoms with E-state index < -0.39 is 15.6 Å². The summed E-state index contributed by atoms with van der Waals surface area (Å²) in [6, 6.07) is 0. The summed E-state index contributed by atoms with van der Waals surface area (Å²) in [4.78, 5) is 37.9. The largest absolute Gasteiger partial charge is 0.469 e. The average molecular weight is 264 g/mol. The monoisotopic (exact) mass is 264 g/mol. The van der Waals surface area contributed by atoms with E-state index >= 15 is 0 Å². The number of phosphoric ester groups is 1. The van der Waals surface area contributed by atoms with Crippen LogP contribution in [0.3, 0.4) is 0 Å². The van der Waals surface area contributed by atoms with Gasteiger partial charge < -0.3 is 24.5 Å². The summed E-state index contributed by atoms with van der Waals surface area (Å²) in [6.45, 7) is 3.61. The topological polar surface area (TPSA) is 145 Å². The Balaban J connectivity index is 0. The molecule has 0 aliphatic rings. The first kappa shape index (κ1) is 17.4. The van der Waals surface area contributed by atoms with E-state index in [2.05, 4.69) is 4.52 Å². The highest BCUT2D eigenvalue weighted by Gasteiger charge is 2.11. The Morgan fingerprint density at radius 1 is 1.13 bits per heavy atom. The zero-order valence-electron chi connectivity index (χ0n) is 8.14. The molecule has 0 spiro atoms. The fraction of sp³-hybridized carbons (Fsp3) is 0.600. The van der Waals surface area contributed by atoms with E-state index in [1.165, 1.54) is 0 Å². The van der Waals surface area contributed by atoms with Crippen molar-refractivity contribution in [2.45, 2.75) is 13.8 Å². The van der Waals surface area contributed by atoms with Gasteiger partial charge in [0.05, 0.1) is 6.61 Å². The van der Waals surface area contributed by atoms with Crippen LogP contribution in [0.15, 0.2) is 11.6 Å². The summed E-state index contributed by atoms with van der Waals surface area (Å²) in [7, 11) is -8.91. The molecular weight excluding hydrogens is 250 g/mol. The van der Waals surface area contributed by atoms with Gasteiger partial charge in [0, 0.05) is 0 Å². The molecule has 0 heterocycles. The summed E-state index contributed by atoms with van der Waals surface area (Å²) in [5.41, 5.74) is 0.966. The Morgan fingerprint density at radius 2 is 1.47 bits per heavy atom. The van der Waals surface area contributed by atoms with Crippen molar-refractivity contribution in [2.75, 3.05) is 6.61 Å². The van der Waals surface area contributed by atoms with E-state index in [1.54, 1.807) is 6.08 Å². The highest BCUT2D eigenvalue weighted by Crippen LogP contribution is 2.35. The maximum atomic E-state index is 10.1. The Hall–Kier alpha value is -0.0400. The molecule has 0 fully saturated rings. The molecule has 0 saturated heterocycles. The van der Waals surface area contributed by atoms with Crippen molar-refractivity contribution in [1.82, 2.24) is 0 Å². The number of phosphoric acid groups is 2. The molecule has 15 heavy (non-hydrogen) atoms. The first-order chi connectivity index (χ1) is 6.42. The molecule has 0 bridgehead atoms. The quantitative estimate of drug-likeness (QED) is 0.357. The highest BCUT2D eigenvalue weighted by molar-refractivity contribution is 7.46. The van der Waals surface area contributed by atoms with Crippen LogP contribution in [-0.2, 0) is 13.7 Å². The van der Waals surface area contributed by atoms with E-state index in [9.17, 15) is 4.57 Å². The van der Waals surface area contributed by atoms with E-state index in [4.69, 9.17) is 29.0 Å². The molecule has 10 heteroatoms. The molecule has 0 aromatic heterocycles. The molecular formula is C5H14O8P2. The first-order valence-electron chi connectivity index (χ1n) is 3.53. The molecule has 0 aliphatic heterocycles. The van der Waals surface area contributed by atoms with Gasteiger partial charge in [-0.05, 0) is 13.8 Å². The zero-order valence-corrected chi connectivity index (χ0v) is 9.93. The van der Waals surface area contributed by atoms with E-state index in [1.807, 2.05) is 13.8 Å². The Kier molecular flexibility index (Phi) is 8.41. The van der Waals surface area contributed by atoms with Gasteiger partial charge >= 0.3 is 15.6 Å². The third-order valence-electron chi connectivity index (χ3n) is 0.734. The second kappa shape index (κ2) is 7.27. The molecule has 0 rings (SSSR count). The van der Waals surface area contributed by atoms with Crippen molar-refractivity contribution in [3.8, 4) is 0 Å². The standard InChI is InChI=1S/C5H11O4P.H3O4P/c1-5(2)3-4-9-10(6,7)8;1-5(2,3)4/h3H,4H2,1-2H3,(H2,6,7,8);(H3,1,2,3,4). The number of allylic oxidation sites excluding steroid dienone is 1. The van der Waals surface area contributed by atoms with Gasteiger partial charge in [-0.2, -0.15) is 0 Å². The summed E-state index contributed by atoms with van der Waals surface area (Å²) in [5, 5.41) is 0. The van der Waals surface area contributed by atoms with Gasteiger partial charge in [-0.25, -0.2) is 9.13 Å². The highest BCUT2D eigenvalue weighted by atomic mass is 31.2. The van der Waals surface area contributed by atoms with Crippen LogP contribution in [0.2, 0.25) is 0 Å². The average Bonchev–Trinajstić information content (AvgIpc) is 1.77. The lowest BCUT2D eigenvalue weighted by Crippen LogP contribution is -1.88. The van der Waals surface area contributed by atoms with Crippen LogP contribution in [0.25, 0.3) is 0 Å². The molecule has 0 saturated carbocycles. The lowest BCUT2D eigenvalue weighted by molar-refractivity contribution is 0.215. The van der Waals surface area contributed by atoms with Crippen molar-refractivity contribution >= 4 is 15.6 Å². The van der Waals surface area contributed by atoms with Crippen molar-refractivity contribution in [2.24, 2.45) is 0 Å². The normalized spacial score (nSPS) is 11.4. The van der Waals surface area contributed by atoms with E-state index in [0.29, 0.717) is 0 Å². The molecule has 0 atom stereocenters. The number of hydrogen-bond acceptors (Lipinski definition) is 3. The molecule has 8 nitrogen and oxygen atoms in total. The molecule has 0 amide bonds. The van der Waals surface area contributed by atoms with Crippen molar-refractivity contribution in [1.29, 1.82) is 0 Å². The summed E-state index contributed by atoms with van der Waals surface area (Å²) >= 11 is 0. The Labute approximate surface area is 86.7 Å². The second-order valence-electron chi connectivity index (χ2n) is 2.58. The van der Waals surface area contributed by atoms with Crippen molar-refractivity contribution in [3.05, 3.63) is 11.6 Å². The van der Waals surface area contributed by atoms with Gasteiger partial charge in [0.1, 0.15) is 0 Å². The minimum absolute atomic E-state index is 0.0351. The lowest BCUT2D eigenvalue weighted by atomic mass is 10.3. The molecule has 0 aliphatic carbocycles. The molecule has 0 radical (unpaired) electrons. The fourth-order valence-corrected chi connectivity index (χ4v) is 0.570. The minimum atomic E-state index is -4.64. The SMILES string of the molecule is CC(C)=CCOP(=O)(O)O.O=P(O)(O)O. The van der Waals surface area contributed by atoms with E-state index in [0.717, 1.165) is 5.57 Å². The van der Waals surface area contributed by atoms with Gasteiger partial charge in [-0.3, -0.25) is 4.52 Å². The summed E-state index contributed by atoms with van der Waals surface area (Å²) in [5.74, 6) is 0. The molecule has 92 valence electrons. The predicted octanol–water partition coefficient (Wildman–Crippen LogP) is 0.133.